The van der Waals surface area contributed by atoms with Gasteiger partial charge in [-0.3, -0.25) is 9.55 Å². The van der Waals surface area contributed by atoms with E-state index in [1.165, 1.54) is 10.1 Å². The first-order valence-electron chi connectivity index (χ1n) is 10.1. The van der Waals surface area contributed by atoms with E-state index in [1.807, 2.05) is 36.7 Å². The lowest BCUT2D eigenvalue weighted by Gasteiger charge is -2.09. The average molecular weight is 451 g/mol. The molecule has 0 N–H and O–H groups in total. The highest BCUT2D eigenvalue weighted by atomic mass is 35.5. The first-order chi connectivity index (χ1) is 15.7. The van der Waals surface area contributed by atoms with Crippen molar-refractivity contribution in [1.29, 1.82) is 5.26 Å². The molecule has 3 aromatic carbocycles. The van der Waals surface area contributed by atoms with Crippen molar-refractivity contribution in [3.05, 3.63) is 89.8 Å². The van der Waals surface area contributed by atoms with Crippen molar-refractivity contribution in [2.24, 2.45) is 0 Å². The molecule has 0 saturated heterocycles. The Kier molecular flexibility index (Phi) is 4.43. The predicted molar refractivity (Wildman–Crippen MR) is 132 cm³/mol. The monoisotopic (exact) mass is 450 g/mol. The maximum atomic E-state index is 8.94. The summed E-state index contributed by atoms with van der Waals surface area (Å²) in [7, 11) is 0. The molecule has 6 heteroatoms. The summed E-state index contributed by atoms with van der Waals surface area (Å²) in [5, 5.41) is 11.8. The molecule has 0 amide bonds. The Balaban J connectivity index is 1.58. The highest BCUT2D eigenvalue weighted by molar-refractivity contribution is 7.22. The normalized spacial score (nSPS) is 11.4. The topological polar surface area (TPSA) is 54.5 Å². The lowest BCUT2D eigenvalue weighted by molar-refractivity contribution is 1.09. The van der Waals surface area contributed by atoms with Gasteiger partial charge in [0, 0.05) is 26.2 Å². The average Bonchev–Trinajstić information content (AvgIpc) is 3.44. The van der Waals surface area contributed by atoms with E-state index in [0.29, 0.717) is 11.4 Å². The van der Waals surface area contributed by atoms with Crippen LogP contribution in [0.3, 0.4) is 0 Å². The van der Waals surface area contributed by atoms with E-state index in [2.05, 4.69) is 57.0 Å². The van der Waals surface area contributed by atoms with Crippen molar-refractivity contribution in [2.45, 2.75) is 6.42 Å². The number of hydrogen-bond donors (Lipinski definition) is 0. The number of fused-ring (bicyclic) bond motifs is 4. The Bertz CT molecular complexity index is 1640. The van der Waals surface area contributed by atoms with Gasteiger partial charge in [-0.2, -0.15) is 5.26 Å². The minimum atomic E-state index is 0.398. The van der Waals surface area contributed by atoms with Crippen LogP contribution < -0.4 is 0 Å². The number of aromatic nitrogens is 3. The van der Waals surface area contributed by atoms with Gasteiger partial charge in [0.15, 0.2) is 0 Å². The maximum Gasteiger partial charge on any atom is 0.108 e. The van der Waals surface area contributed by atoms with Crippen molar-refractivity contribution in [2.75, 3.05) is 0 Å². The van der Waals surface area contributed by atoms with E-state index in [4.69, 9.17) is 16.9 Å². The van der Waals surface area contributed by atoms with Crippen LogP contribution in [0.5, 0.6) is 0 Å². The Morgan fingerprint density at radius 2 is 1.81 bits per heavy atom. The zero-order valence-corrected chi connectivity index (χ0v) is 18.4. The van der Waals surface area contributed by atoms with E-state index < -0.39 is 0 Å². The van der Waals surface area contributed by atoms with Crippen LogP contribution in [0.25, 0.3) is 48.2 Å². The second-order valence-corrected chi connectivity index (χ2v) is 9.10. The smallest absolute Gasteiger partial charge is 0.108 e. The summed E-state index contributed by atoms with van der Waals surface area (Å²) < 4.78 is 3.30. The van der Waals surface area contributed by atoms with Gasteiger partial charge in [0.25, 0.3) is 0 Å². The Labute approximate surface area is 193 Å². The lowest BCUT2D eigenvalue weighted by atomic mass is 10.1. The van der Waals surface area contributed by atoms with Crippen LogP contribution in [0.15, 0.2) is 79.3 Å². The van der Waals surface area contributed by atoms with Gasteiger partial charge in [0.2, 0.25) is 0 Å². The molecule has 3 heterocycles. The summed E-state index contributed by atoms with van der Waals surface area (Å²) in [5.74, 6) is 0. The van der Waals surface area contributed by atoms with Crippen LogP contribution >= 0.6 is 22.9 Å². The first-order valence-corrected chi connectivity index (χ1v) is 11.3. The number of nitrogens with zero attached hydrogens (tertiary/aromatic N) is 4. The molecule has 0 aliphatic heterocycles. The third kappa shape index (κ3) is 3.04. The van der Waals surface area contributed by atoms with Crippen LogP contribution in [0, 0.1) is 11.3 Å². The van der Waals surface area contributed by atoms with Gasteiger partial charge in [-0.25, -0.2) is 4.98 Å². The number of imidazole rings is 1. The summed E-state index contributed by atoms with van der Waals surface area (Å²) in [6.07, 6.45) is 4.00. The predicted octanol–water partition coefficient (Wildman–Crippen LogP) is 7.17. The summed E-state index contributed by atoms with van der Waals surface area (Å²) in [6, 6.07) is 24.8. The second kappa shape index (κ2) is 7.45. The van der Waals surface area contributed by atoms with Crippen molar-refractivity contribution < 1.29 is 0 Å². The number of hydrogen-bond acceptors (Lipinski definition) is 4. The van der Waals surface area contributed by atoms with Crippen molar-refractivity contribution in [1.82, 2.24) is 14.5 Å². The van der Waals surface area contributed by atoms with Gasteiger partial charge in [0.05, 0.1) is 34.7 Å². The van der Waals surface area contributed by atoms with Gasteiger partial charge in [-0.05, 0) is 47.3 Å². The van der Waals surface area contributed by atoms with Crippen LogP contribution in [-0.2, 0) is 6.42 Å². The number of nitriles is 1. The molecule has 0 aliphatic rings. The lowest BCUT2D eigenvalue weighted by Crippen LogP contribution is -1.94. The van der Waals surface area contributed by atoms with Gasteiger partial charge in [-0.1, -0.05) is 41.9 Å². The van der Waals surface area contributed by atoms with Crippen molar-refractivity contribution in [3.8, 4) is 22.2 Å². The summed E-state index contributed by atoms with van der Waals surface area (Å²) >= 11 is 8.45. The number of benzene rings is 3. The Hall–Kier alpha value is -3.72. The SMILES string of the molecule is N#CCc1ccc(-n2cnc3cnc4cc(Cl)c(-c5cc6ccccc6s5)cc4c32)cc1. The van der Waals surface area contributed by atoms with Crippen molar-refractivity contribution >= 4 is 55.0 Å². The Morgan fingerprint density at radius 3 is 2.62 bits per heavy atom. The van der Waals surface area contributed by atoms with E-state index in [-0.39, 0.29) is 0 Å². The standard InChI is InChI=1S/C26H15ClN4S/c27-21-13-22-20(12-19(21)25-11-17-3-1-2-4-24(17)32-25)26-23(14-29-22)30-15-31(26)18-7-5-16(6-8-18)9-10-28/h1-8,11-15H,9H2. The molecule has 0 atom stereocenters. The fraction of sp³-hybridized carbons (Fsp3) is 0.0385. The van der Waals surface area contributed by atoms with Gasteiger partial charge in [-0.15, -0.1) is 11.3 Å². The molecule has 0 aliphatic carbocycles. The Morgan fingerprint density at radius 1 is 0.969 bits per heavy atom. The molecule has 3 aromatic heterocycles. The van der Waals surface area contributed by atoms with E-state index in [0.717, 1.165) is 43.6 Å². The zero-order valence-electron chi connectivity index (χ0n) is 16.8. The molecular formula is C26H15ClN4S. The highest BCUT2D eigenvalue weighted by Crippen LogP contribution is 2.40. The molecule has 4 nitrogen and oxygen atoms in total. The minimum Gasteiger partial charge on any atom is -0.298 e. The van der Waals surface area contributed by atoms with Crippen LogP contribution in [0.1, 0.15) is 5.56 Å². The quantitative estimate of drug-likeness (QED) is 0.287. The molecule has 0 spiro atoms. The highest BCUT2D eigenvalue weighted by Gasteiger charge is 2.15. The van der Waals surface area contributed by atoms with Crippen LogP contribution in [0.4, 0.5) is 0 Å². The fourth-order valence-corrected chi connectivity index (χ4v) is 5.49. The first kappa shape index (κ1) is 19.0. The zero-order chi connectivity index (χ0) is 21.7. The summed E-state index contributed by atoms with van der Waals surface area (Å²) in [4.78, 5) is 10.3. The van der Waals surface area contributed by atoms with E-state index in [9.17, 15) is 0 Å². The molecule has 0 saturated carbocycles. The molecule has 32 heavy (non-hydrogen) atoms. The summed E-state index contributed by atoms with van der Waals surface area (Å²) in [5.41, 5.74) is 5.61. The van der Waals surface area contributed by atoms with Crippen LogP contribution in [0.2, 0.25) is 5.02 Å². The molecule has 6 rings (SSSR count). The number of rotatable bonds is 3. The number of halogens is 1. The van der Waals surface area contributed by atoms with Gasteiger partial charge >= 0.3 is 0 Å². The minimum absolute atomic E-state index is 0.398. The second-order valence-electron chi connectivity index (χ2n) is 7.61. The van der Waals surface area contributed by atoms with E-state index in [1.54, 1.807) is 17.5 Å². The molecule has 0 unspecified atom stereocenters. The van der Waals surface area contributed by atoms with Crippen molar-refractivity contribution in [3.63, 3.8) is 0 Å². The molecule has 0 bridgehead atoms. The molecule has 152 valence electrons. The fourth-order valence-electron chi connectivity index (χ4n) is 4.08. The third-order valence-electron chi connectivity index (χ3n) is 5.65. The third-order valence-corrected chi connectivity index (χ3v) is 7.11. The number of pyridine rings is 1. The largest absolute Gasteiger partial charge is 0.298 e. The molecular weight excluding hydrogens is 436 g/mol. The van der Waals surface area contributed by atoms with Gasteiger partial charge in [0.1, 0.15) is 11.8 Å². The van der Waals surface area contributed by atoms with E-state index >= 15 is 0 Å². The summed E-state index contributed by atoms with van der Waals surface area (Å²) in [6.45, 7) is 0. The molecule has 0 radical (unpaired) electrons. The molecule has 0 fully saturated rings. The van der Waals surface area contributed by atoms with Gasteiger partial charge < -0.3 is 0 Å². The van der Waals surface area contributed by atoms with Crippen LogP contribution in [-0.4, -0.2) is 14.5 Å². The maximum absolute atomic E-state index is 8.94. The molecule has 6 aromatic rings. The number of thiophene rings is 1.